The normalized spacial score (nSPS) is 15.3. The zero-order valence-corrected chi connectivity index (χ0v) is 16.3. The Morgan fingerprint density at radius 1 is 1.33 bits per heavy atom. The number of hydrogen-bond acceptors (Lipinski definition) is 5. The third-order valence-electron chi connectivity index (χ3n) is 4.99. The maximum absolute atomic E-state index is 12.9. The van der Waals surface area contributed by atoms with Gasteiger partial charge in [-0.3, -0.25) is 9.78 Å². The number of fused-ring (bicyclic) bond motifs is 1. The highest BCUT2D eigenvalue weighted by Gasteiger charge is 2.22. The topological polar surface area (TPSA) is 65.5 Å². The van der Waals surface area contributed by atoms with Crippen LogP contribution in [-0.4, -0.2) is 35.7 Å². The molecule has 4 rings (SSSR count). The number of nitrogens with zero attached hydrogens (tertiary/aromatic N) is 2. The van der Waals surface area contributed by atoms with Crippen LogP contribution in [0.5, 0.6) is 0 Å². The van der Waals surface area contributed by atoms with E-state index in [0.717, 1.165) is 36.3 Å². The molecule has 3 aromatic rings. The number of rotatable bonds is 4. The van der Waals surface area contributed by atoms with Gasteiger partial charge in [-0.05, 0) is 49.1 Å². The van der Waals surface area contributed by atoms with Gasteiger partial charge in [0.05, 0.1) is 27.2 Å². The Kier molecular flexibility index (Phi) is 5.29. The van der Waals surface area contributed by atoms with E-state index in [0.29, 0.717) is 27.7 Å². The number of aliphatic hydroxyl groups is 1. The number of anilines is 2. The van der Waals surface area contributed by atoms with E-state index in [1.54, 1.807) is 12.3 Å². The van der Waals surface area contributed by atoms with E-state index >= 15 is 0 Å². The second kappa shape index (κ2) is 7.84. The number of amides is 1. The van der Waals surface area contributed by atoms with Gasteiger partial charge >= 0.3 is 0 Å². The fraction of sp³-hybridized carbons (Fsp3) is 0.300. The number of halogens is 1. The van der Waals surface area contributed by atoms with Gasteiger partial charge in [0.2, 0.25) is 0 Å². The van der Waals surface area contributed by atoms with Crippen LogP contribution in [0.25, 0.3) is 10.2 Å². The molecule has 0 saturated carbocycles. The summed E-state index contributed by atoms with van der Waals surface area (Å²) < 4.78 is 0.986. The molecule has 0 radical (unpaired) electrons. The summed E-state index contributed by atoms with van der Waals surface area (Å²) in [6.45, 7) is 1.92. The van der Waals surface area contributed by atoms with Gasteiger partial charge in [-0.15, -0.1) is 11.3 Å². The highest BCUT2D eigenvalue weighted by molar-refractivity contribution is 7.17. The Morgan fingerprint density at radius 3 is 2.93 bits per heavy atom. The number of nitrogens with one attached hydrogen (secondary N) is 1. The van der Waals surface area contributed by atoms with Crippen LogP contribution < -0.4 is 10.2 Å². The molecule has 1 aliphatic heterocycles. The Hall–Kier alpha value is -2.15. The van der Waals surface area contributed by atoms with Gasteiger partial charge < -0.3 is 15.3 Å². The van der Waals surface area contributed by atoms with Crippen LogP contribution in [0.1, 0.15) is 23.2 Å². The summed E-state index contributed by atoms with van der Waals surface area (Å²) in [5, 5.41) is 14.8. The standard InChI is InChI=1S/C20H20ClN3O2S/c21-14-3-4-17(24-8-5-13(11-25)6-9-24)16(10-14)23-20(26)15-12-27-18-2-1-7-22-19(15)18/h1-4,7,10,12-13,25H,5-6,8-9,11H2,(H,23,26). The van der Waals surface area contributed by atoms with Gasteiger partial charge in [-0.2, -0.15) is 0 Å². The zero-order chi connectivity index (χ0) is 18.8. The number of carbonyl (C=O) groups is 1. The van der Waals surface area contributed by atoms with Crippen LogP contribution >= 0.6 is 22.9 Å². The molecule has 27 heavy (non-hydrogen) atoms. The first-order chi connectivity index (χ1) is 13.2. The molecule has 5 nitrogen and oxygen atoms in total. The van der Waals surface area contributed by atoms with Gasteiger partial charge in [0, 0.05) is 36.3 Å². The molecule has 1 aliphatic rings. The Morgan fingerprint density at radius 2 is 2.15 bits per heavy atom. The zero-order valence-electron chi connectivity index (χ0n) is 14.7. The second-order valence-corrected chi connectivity index (χ2v) is 8.08. The molecule has 1 fully saturated rings. The van der Waals surface area contributed by atoms with E-state index in [9.17, 15) is 9.90 Å². The molecule has 0 unspecified atom stereocenters. The van der Waals surface area contributed by atoms with E-state index < -0.39 is 0 Å². The molecule has 0 atom stereocenters. The number of carbonyl (C=O) groups excluding carboxylic acids is 1. The molecule has 3 heterocycles. The third kappa shape index (κ3) is 3.78. The lowest BCUT2D eigenvalue weighted by Gasteiger charge is -2.34. The Labute approximate surface area is 166 Å². The van der Waals surface area contributed by atoms with Crippen LogP contribution in [0, 0.1) is 5.92 Å². The summed E-state index contributed by atoms with van der Waals surface area (Å²) in [5.74, 6) is 0.170. The van der Waals surface area contributed by atoms with Gasteiger partial charge in [0.25, 0.3) is 5.91 Å². The van der Waals surface area contributed by atoms with E-state index in [1.165, 1.54) is 11.3 Å². The molecule has 2 aromatic heterocycles. The van der Waals surface area contributed by atoms with Crippen molar-refractivity contribution in [2.75, 3.05) is 29.9 Å². The summed E-state index contributed by atoms with van der Waals surface area (Å²) >= 11 is 7.70. The van der Waals surface area contributed by atoms with Crippen molar-refractivity contribution in [2.45, 2.75) is 12.8 Å². The second-order valence-electron chi connectivity index (χ2n) is 6.73. The molecule has 140 valence electrons. The van der Waals surface area contributed by atoms with Crippen LogP contribution in [-0.2, 0) is 0 Å². The van der Waals surface area contributed by atoms with Crippen LogP contribution in [0.2, 0.25) is 5.02 Å². The largest absolute Gasteiger partial charge is 0.396 e. The van der Waals surface area contributed by atoms with Crippen LogP contribution in [0.15, 0.2) is 41.9 Å². The summed E-state index contributed by atoms with van der Waals surface area (Å²) in [5.41, 5.74) is 2.94. The van der Waals surface area contributed by atoms with Gasteiger partial charge in [-0.25, -0.2) is 0 Å². The molecule has 1 saturated heterocycles. The Balaban J connectivity index is 1.60. The molecule has 0 aliphatic carbocycles. The first-order valence-electron chi connectivity index (χ1n) is 8.94. The van der Waals surface area contributed by atoms with Crippen molar-refractivity contribution in [3.8, 4) is 0 Å². The summed E-state index contributed by atoms with van der Waals surface area (Å²) in [4.78, 5) is 19.5. The predicted octanol–water partition coefficient (Wildman–Crippen LogP) is 4.41. The molecule has 1 amide bonds. The van der Waals surface area contributed by atoms with Gasteiger partial charge in [0.1, 0.15) is 0 Å². The number of benzene rings is 1. The SMILES string of the molecule is O=C(Nc1cc(Cl)ccc1N1CCC(CO)CC1)c1csc2cccnc12. The minimum absolute atomic E-state index is 0.186. The van der Waals surface area contributed by atoms with E-state index in [4.69, 9.17) is 11.6 Å². The van der Waals surface area contributed by atoms with Gasteiger partial charge in [-0.1, -0.05) is 11.6 Å². The fourth-order valence-electron chi connectivity index (χ4n) is 3.46. The summed E-state index contributed by atoms with van der Waals surface area (Å²) in [7, 11) is 0. The number of aliphatic hydroxyl groups excluding tert-OH is 1. The lowest BCUT2D eigenvalue weighted by molar-refractivity contribution is 0.102. The minimum atomic E-state index is -0.186. The van der Waals surface area contributed by atoms with Crippen LogP contribution in [0.3, 0.4) is 0 Å². The minimum Gasteiger partial charge on any atom is -0.396 e. The summed E-state index contributed by atoms with van der Waals surface area (Å²) in [6, 6.07) is 9.40. The van der Waals surface area contributed by atoms with Gasteiger partial charge in [0.15, 0.2) is 0 Å². The average molecular weight is 402 g/mol. The number of aromatic nitrogens is 1. The molecule has 2 N–H and O–H groups in total. The molecule has 7 heteroatoms. The molecule has 0 spiro atoms. The highest BCUT2D eigenvalue weighted by atomic mass is 35.5. The number of hydrogen-bond donors (Lipinski definition) is 2. The lowest BCUT2D eigenvalue weighted by atomic mass is 9.97. The number of thiophene rings is 1. The number of piperidine rings is 1. The Bertz CT molecular complexity index is 967. The molecular weight excluding hydrogens is 382 g/mol. The van der Waals surface area contributed by atoms with E-state index in [2.05, 4.69) is 15.2 Å². The summed E-state index contributed by atoms with van der Waals surface area (Å²) in [6.07, 6.45) is 3.57. The van der Waals surface area contributed by atoms with E-state index in [-0.39, 0.29) is 12.5 Å². The van der Waals surface area contributed by atoms with Crippen molar-refractivity contribution in [3.05, 3.63) is 52.5 Å². The predicted molar refractivity (Wildman–Crippen MR) is 111 cm³/mol. The number of pyridine rings is 1. The van der Waals surface area contributed by atoms with Crippen molar-refractivity contribution >= 4 is 50.4 Å². The molecule has 1 aromatic carbocycles. The maximum atomic E-state index is 12.9. The molecule has 0 bridgehead atoms. The maximum Gasteiger partial charge on any atom is 0.258 e. The third-order valence-corrected chi connectivity index (χ3v) is 6.17. The smallest absolute Gasteiger partial charge is 0.258 e. The first-order valence-corrected chi connectivity index (χ1v) is 10.2. The van der Waals surface area contributed by atoms with Crippen molar-refractivity contribution in [1.29, 1.82) is 0 Å². The average Bonchev–Trinajstić information content (AvgIpc) is 3.13. The monoisotopic (exact) mass is 401 g/mol. The first kappa shape index (κ1) is 18.2. The van der Waals surface area contributed by atoms with Crippen molar-refractivity contribution < 1.29 is 9.90 Å². The van der Waals surface area contributed by atoms with Crippen molar-refractivity contribution in [3.63, 3.8) is 0 Å². The quantitative estimate of drug-likeness (QED) is 0.679. The molecular formula is C20H20ClN3O2S. The van der Waals surface area contributed by atoms with Crippen molar-refractivity contribution in [1.82, 2.24) is 4.98 Å². The van der Waals surface area contributed by atoms with Crippen molar-refractivity contribution in [2.24, 2.45) is 5.92 Å². The lowest BCUT2D eigenvalue weighted by Crippen LogP contribution is -2.35. The van der Waals surface area contributed by atoms with E-state index in [1.807, 2.05) is 29.6 Å². The highest BCUT2D eigenvalue weighted by Crippen LogP contribution is 2.33. The van der Waals surface area contributed by atoms with Crippen LogP contribution in [0.4, 0.5) is 11.4 Å². The fourth-order valence-corrected chi connectivity index (χ4v) is 4.52.